The van der Waals surface area contributed by atoms with Crippen LogP contribution < -0.4 is 10.6 Å². The largest absolute Gasteiger partial charge is 0.480 e. The molecule has 0 heterocycles. The normalized spacial score (nSPS) is 12.3. The van der Waals surface area contributed by atoms with E-state index in [0.717, 1.165) is 5.56 Å². The van der Waals surface area contributed by atoms with Gasteiger partial charge in [0.1, 0.15) is 12.1 Å². The van der Waals surface area contributed by atoms with E-state index in [1.54, 1.807) is 48.5 Å². The molecular weight excluding hydrogens is 432 g/mol. The molecule has 2 amide bonds. The van der Waals surface area contributed by atoms with Gasteiger partial charge >= 0.3 is 5.97 Å². The summed E-state index contributed by atoms with van der Waals surface area (Å²) in [6, 6.07) is 22.5. The number of benzene rings is 3. The topological polar surface area (TPSA) is 113 Å². The van der Waals surface area contributed by atoms with Crippen molar-refractivity contribution in [1.29, 1.82) is 0 Å². The molecule has 0 aliphatic carbocycles. The molecule has 7 heteroatoms. The summed E-state index contributed by atoms with van der Waals surface area (Å²) in [7, 11) is 0. The third kappa shape index (κ3) is 6.87. The van der Waals surface area contributed by atoms with Crippen molar-refractivity contribution in [3.8, 4) is 0 Å². The van der Waals surface area contributed by atoms with Gasteiger partial charge in [0.25, 0.3) is 0 Å². The summed E-state index contributed by atoms with van der Waals surface area (Å²) in [5.74, 6) is -2.29. The van der Waals surface area contributed by atoms with Gasteiger partial charge in [0.15, 0.2) is 5.78 Å². The van der Waals surface area contributed by atoms with Crippen molar-refractivity contribution >= 4 is 23.6 Å². The highest BCUT2D eigenvalue weighted by atomic mass is 16.4. The molecule has 174 valence electrons. The van der Waals surface area contributed by atoms with Crippen molar-refractivity contribution in [2.24, 2.45) is 0 Å². The van der Waals surface area contributed by atoms with E-state index in [9.17, 15) is 24.3 Å². The van der Waals surface area contributed by atoms with Crippen LogP contribution in [0.3, 0.4) is 0 Å². The van der Waals surface area contributed by atoms with Crippen molar-refractivity contribution < 1.29 is 24.3 Å². The van der Waals surface area contributed by atoms with Crippen LogP contribution in [0, 0.1) is 0 Å². The standard InChI is InChI=1S/C27H26N2O5/c1-18(30)28-23(16-19-8-4-2-5-9-19)26(32)29-24(27(33)34)17-20-12-14-22(15-13-20)25(31)21-10-6-3-7-11-21/h2-15,23-24H,16-17H2,1H3,(H,28,30)(H,29,32)(H,33,34)/t23-,24-/m1/s1. The molecule has 3 rings (SSSR count). The van der Waals surface area contributed by atoms with Gasteiger partial charge in [-0.25, -0.2) is 4.79 Å². The first-order chi connectivity index (χ1) is 16.3. The Balaban J connectivity index is 1.69. The van der Waals surface area contributed by atoms with Crippen LogP contribution in [0.5, 0.6) is 0 Å². The maximum Gasteiger partial charge on any atom is 0.326 e. The first kappa shape index (κ1) is 24.4. The van der Waals surface area contributed by atoms with E-state index < -0.39 is 24.0 Å². The summed E-state index contributed by atoms with van der Waals surface area (Å²) in [6.07, 6.45) is 0.258. The second-order valence-corrected chi connectivity index (χ2v) is 7.94. The maximum absolute atomic E-state index is 12.9. The zero-order chi connectivity index (χ0) is 24.5. The highest BCUT2D eigenvalue weighted by molar-refractivity contribution is 6.08. The van der Waals surface area contributed by atoms with Gasteiger partial charge in [-0.2, -0.15) is 0 Å². The highest BCUT2D eigenvalue weighted by Gasteiger charge is 2.26. The molecule has 0 fully saturated rings. The summed E-state index contributed by atoms with van der Waals surface area (Å²) in [5, 5.41) is 14.8. The molecule has 0 aliphatic heterocycles. The van der Waals surface area contributed by atoms with Gasteiger partial charge in [-0.05, 0) is 11.1 Å². The number of carbonyl (C=O) groups is 4. The number of carboxylic acid groups (broad SMARTS) is 1. The van der Waals surface area contributed by atoms with Crippen molar-refractivity contribution in [2.45, 2.75) is 31.8 Å². The lowest BCUT2D eigenvalue weighted by atomic mass is 9.99. The number of ketones is 1. The molecular formula is C27H26N2O5. The fraction of sp³-hybridized carbons (Fsp3) is 0.185. The van der Waals surface area contributed by atoms with Crippen LogP contribution in [0.15, 0.2) is 84.9 Å². The molecule has 3 N–H and O–H groups in total. The summed E-state index contributed by atoms with van der Waals surface area (Å²) in [4.78, 5) is 48.9. The van der Waals surface area contributed by atoms with E-state index in [0.29, 0.717) is 16.7 Å². The quantitative estimate of drug-likeness (QED) is 0.405. The first-order valence-corrected chi connectivity index (χ1v) is 10.9. The lowest BCUT2D eigenvalue weighted by Gasteiger charge is -2.21. The minimum atomic E-state index is -1.20. The predicted octanol–water partition coefficient (Wildman–Crippen LogP) is 2.78. The van der Waals surface area contributed by atoms with E-state index in [2.05, 4.69) is 10.6 Å². The zero-order valence-corrected chi connectivity index (χ0v) is 18.7. The Morgan fingerprint density at radius 1 is 0.676 bits per heavy atom. The Morgan fingerprint density at radius 2 is 1.18 bits per heavy atom. The third-order valence-corrected chi connectivity index (χ3v) is 5.28. The van der Waals surface area contributed by atoms with Gasteiger partial charge in [-0.3, -0.25) is 14.4 Å². The molecule has 0 radical (unpaired) electrons. The molecule has 0 saturated carbocycles. The summed E-state index contributed by atoms with van der Waals surface area (Å²) >= 11 is 0. The Kier molecular flexibility index (Phi) is 8.29. The number of hydrogen-bond donors (Lipinski definition) is 3. The van der Waals surface area contributed by atoms with E-state index in [1.807, 2.05) is 36.4 Å². The number of nitrogens with one attached hydrogen (secondary N) is 2. The summed E-state index contributed by atoms with van der Waals surface area (Å²) in [5.41, 5.74) is 2.53. The molecule has 0 spiro atoms. The van der Waals surface area contributed by atoms with E-state index in [4.69, 9.17) is 0 Å². The van der Waals surface area contributed by atoms with Crippen LogP contribution >= 0.6 is 0 Å². The third-order valence-electron chi connectivity index (χ3n) is 5.28. The van der Waals surface area contributed by atoms with Crippen LogP contribution in [0.4, 0.5) is 0 Å². The van der Waals surface area contributed by atoms with Crippen LogP contribution in [-0.4, -0.2) is 40.8 Å². The molecule has 0 aromatic heterocycles. The van der Waals surface area contributed by atoms with Crippen LogP contribution in [-0.2, 0) is 27.2 Å². The average Bonchev–Trinajstić information content (AvgIpc) is 2.84. The van der Waals surface area contributed by atoms with Gasteiger partial charge in [0, 0.05) is 30.9 Å². The lowest BCUT2D eigenvalue weighted by Crippen LogP contribution is -2.52. The minimum Gasteiger partial charge on any atom is -0.480 e. The second-order valence-electron chi connectivity index (χ2n) is 7.94. The SMILES string of the molecule is CC(=O)N[C@H](Cc1ccccc1)C(=O)N[C@H](Cc1ccc(C(=O)c2ccccc2)cc1)C(=O)O. The van der Waals surface area contributed by atoms with Crippen LogP contribution in [0.2, 0.25) is 0 Å². The van der Waals surface area contributed by atoms with Gasteiger partial charge in [-0.15, -0.1) is 0 Å². The number of amides is 2. The van der Waals surface area contributed by atoms with Gasteiger partial charge < -0.3 is 15.7 Å². The smallest absolute Gasteiger partial charge is 0.326 e. The summed E-state index contributed by atoms with van der Waals surface area (Å²) in [6.45, 7) is 1.30. The zero-order valence-electron chi connectivity index (χ0n) is 18.7. The maximum atomic E-state index is 12.9. The second kappa shape index (κ2) is 11.6. The molecule has 0 unspecified atom stereocenters. The van der Waals surface area contributed by atoms with Crippen molar-refractivity contribution in [3.63, 3.8) is 0 Å². The first-order valence-electron chi connectivity index (χ1n) is 10.9. The minimum absolute atomic E-state index is 0.0268. The Hall–Kier alpha value is -4.26. The van der Waals surface area contributed by atoms with Crippen LogP contribution in [0.1, 0.15) is 34.0 Å². The molecule has 2 atom stereocenters. The molecule has 0 saturated heterocycles. The number of hydrogen-bond acceptors (Lipinski definition) is 4. The average molecular weight is 459 g/mol. The van der Waals surface area contributed by atoms with E-state index in [-0.39, 0.29) is 24.5 Å². The Bertz CT molecular complexity index is 1140. The van der Waals surface area contributed by atoms with Crippen molar-refractivity contribution in [2.75, 3.05) is 0 Å². The van der Waals surface area contributed by atoms with Crippen LogP contribution in [0.25, 0.3) is 0 Å². The number of rotatable bonds is 10. The Morgan fingerprint density at radius 3 is 1.74 bits per heavy atom. The van der Waals surface area contributed by atoms with E-state index >= 15 is 0 Å². The monoisotopic (exact) mass is 458 g/mol. The van der Waals surface area contributed by atoms with Gasteiger partial charge in [0.05, 0.1) is 0 Å². The van der Waals surface area contributed by atoms with Crippen molar-refractivity contribution in [3.05, 3.63) is 107 Å². The number of aliphatic carboxylic acids is 1. The fourth-order valence-electron chi connectivity index (χ4n) is 3.56. The molecule has 7 nitrogen and oxygen atoms in total. The van der Waals surface area contributed by atoms with Crippen molar-refractivity contribution in [1.82, 2.24) is 10.6 Å². The lowest BCUT2D eigenvalue weighted by molar-refractivity contribution is -0.142. The molecule has 0 bridgehead atoms. The van der Waals surface area contributed by atoms with Gasteiger partial charge in [0.2, 0.25) is 11.8 Å². The molecule has 3 aromatic carbocycles. The fourth-order valence-corrected chi connectivity index (χ4v) is 3.56. The highest BCUT2D eigenvalue weighted by Crippen LogP contribution is 2.13. The molecule has 3 aromatic rings. The summed E-state index contributed by atoms with van der Waals surface area (Å²) < 4.78 is 0. The molecule has 34 heavy (non-hydrogen) atoms. The Labute approximate surface area is 197 Å². The molecule has 0 aliphatic rings. The predicted molar refractivity (Wildman–Crippen MR) is 127 cm³/mol. The number of carbonyl (C=O) groups excluding carboxylic acids is 3. The van der Waals surface area contributed by atoms with Gasteiger partial charge in [-0.1, -0.05) is 84.9 Å². The van der Waals surface area contributed by atoms with E-state index in [1.165, 1.54) is 6.92 Å². The number of carboxylic acids is 1.